The van der Waals surface area contributed by atoms with Gasteiger partial charge in [-0.15, -0.1) is 0 Å². The van der Waals surface area contributed by atoms with Crippen LogP contribution >= 0.6 is 15.9 Å². The third-order valence-electron chi connectivity index (χ3n) is 3.64. The molecule has 9 nitrogen and oxygen atoms in total. The smallest absolute Gasteiger partial charge is 0.295 e. The number of nitro groups is 1. The first-order valence-corrected chi connectivity index (χ1v) is 10.0. The average Bonchev–Trinajstić information content (AvgIpc) is 3.10. The second-order valence-corrected chi connectivity index (χ2v) is 7.95. The molecule has 144 valence electrons. The Morgan fingerprint density at radius 2 is 1.93 bits per heavy atom. The Hall–Kier alpha value is -3.02. The maximum absolute atomic E-state index is 11.4. The Morgan fingerprint density at radius 3 is 2.61 bits per heavy atom. The van der Waals surface area contributed by atoms with E-state index in [0.29, 0.717) is 11.5 Å². The molecule has 0 bridgehead atoms. The number of furan rings is 1. The molecule has 11 heteroatoms. The van der Waals surface area contributed by atoms with Crippen molar-refractivity contribution < 1.29 is 17.8 Å². The lowest BCUT2D eigenvalue weighted by molar-refractivity contribution is -0.384. The monoisotopic (exact) mass is 464 g/mol. The van der Waals surface area contributed by atoms with Crippen LogP contribution < -0.4 is 10.6 Å². The fourth-order valence-corrected chi connectivity index (χ4v) is 3.34. The standard InChI is InChI=1S/C17H13BrN4O5S/c18-14-4-2-1-3-13(14)17-8-5-11(27-17)10-20-21-15-7-6-12(28(19,25)26)9-16(15)22(23)24/h1-10,21H,(H2,19,25,26). The minimum atomic E-state index is -4.06. The third kappa shape index (κ3) is 4.44. The summed E-state index contributed by atoms with van der Waals surface area (Å²) in [7, 11) is -4.06. The van der Waals surface area contributed by atoms with Gasteiger partial charge in [-0.3, -0.25) is 15.5 Å². The van der Waals surface area contributed by atoms with Gasteiger partial charge in [-0.25, -0.2) is 13.6 Å². The molecule has 0 aliphatic rings. The molecule has 0 amide bonds. The number of halogens is 1. The Labute approximate surface area is 168 Å². The van der Waals surface area contributed by atoms with Crippen LogP contribution in [-0.4, -0.2) is 19.6 Å². The first-order chi connectivity index (χ1) is 13.3. The Bertz CT molecular complexity index is 1170. The fourth-order valence-electron chi connectivity index (χ4n) is 2.33. The molecule has 28 heavy (non-hydrogen) atoms. The highest BCUT2D eigenvalue weighted by molar-refractivity contribution is 9.10. The van der Waals surface area contributed by atoms with E-state index in [0.717, 1.165) is 22.2 Å². The normalized spacial score (nSPS) is 11.6. The summed E-state index contributed by atoms with van der Waals surface area (Å²) < 4.78 is 29.3. The Kier molecular flexibility index (Phi) is 5.58. The van der Waals surface area contributed by atoms with Crippen LogP contribution in [0.2, 0.25) is 0 Å². The van der Waals surface area contributed by atoms with Gasteiger partial charge in [0, 0.05) is 16.1 Å². The van der Waals surface area contributed by atoms with Crippen LogP contribution in [0.5, 0.6) is 0 Å². The van der Waals surface area contributed by atoms with E-state index in [1.807, 2.05) is 24.3 Å². The third-order valence-corrected chi connectivity index (χ3v) is 5.24. The van der Waals surface area contributed by atoms with Gasteiger partial charge < -0.3 is 4.42 Å². The quantitative estimate of drug-likeness (QED) is 0.323. The summed E-state index contributed by atoms with van der Waals surface area (Å²) in [4.78, 5) is 10.1. The molecule has 0 atom stereocenters. The zero-order valence-electron chi connectivity index (χ0n) is 14.1. The van der Waals surface area contributed by atoms with Crippen molar-refractivity contribution in [2.75, 3.05) is 5.43 Å². The lowest BCUT2D eigenvalue weighted by Crippen LogP contribution is -2.12. The molecule has 1 heterocycles. The zero-order valence-corrected chi connectivity index (χ0v) is 16.5. The van der Waals surface area contributed by atoms with Crippen molar-refractivity contribution in [2.24, 2.45) is 10.2 Å². The number of anilines is 1. The van der Waals surface area contributed by atoms with Gasteiger partial charge in [0.25, 0.3) is 5.69 Å². The minimum absolute atomic E-state index is 0.00577. The second kappa shape index (κ2) is 7.92. The van der Waals surface area contributed by atoms with Crippen molar-refractivity contribution in [1.82, 2.24) is 0 Å². The van der Waals surface area contributed by atoms with Gasteiger partial charge in [0.2, 0.25) is 10.0 Å². The Morgan fingerprint density at radius 1 is 1.18 bits per heavy atom. The predicted molar refractivity (Wildman–Crippen MR) is 108 cm³/mol. The number of sulfonamides is 1. The SMILES string of the molecule is NS(=O)(=O)c1ccc(NN=Cc2ccc(-c3ccccc3Br)o2)c([N+](=O)[O-])c1. The molecule has 0 spiro atoms. The van der Waals surface area contributed by atoms with E-state index in [1.54, 1.807) is 12.1 Å². The minimum Gasteiger partial charge on any atom is -0.455 e. The molecule has 0 saturated carbocycles. The molecule has 0 aliphatic carbocycles. The van der Waals surface area contributed by atoms with E-state index < -0.39 is 20.6 Å². The predicted octanol–water partition coefficient (Wildman–Crippen LogP) is 3.71. The van der Waals surface area contributed by atoms with E-state index >= 15 is 0 Å². The number of hydrazone groups is 1. The van der Waals surface area contributed by atoms with Crippen LogP contribution in [0.3, 0.4) is 0 Å². The molecule has 0 fully saturated rings. The molecular formula is C17H13BrN4O5S. The highest BCUT2D eigenvalue weighted by atomic mass is 79.9. The number of nitrogens with zero attached hydrogens (tertiary/aromatic N) is 2. The summed E-state index contributed by atoms with van der Waals surface area (Å²) in [6.07, 6.45) is 1.34. The molecule has 3 aromatic rings. The van der Waals surface area contributed by atoms with Gasteiger partial charge in [0.15, 0.2) is 0 Å². The summed E-state index contributed by atoms with van der Waals surface area (Å²) in [5, 5.41) is 20.1. The van der Waals surface area contributed by atoms with Gasteiger partial charge in [-0.2, -0.15) is 5.10 Å². The van der Waals surface area contributed by atoms with E-state index in [9.17, 15) is 18.5 Å². The number of nitrogens with one attached hydrogen (secondary N) is 1. The van der Waals surface area contributed by atoms with E-state index in [2.05, 4.69) is 26.5 Å². The van der Waals surface area contributed by atoms with E-state index in [-0.39, 0.29) is 10.6 Å². The fraction of sp³-hybridized carbons (Fsp3) is 0. The molecule has 3 rings (SSSR count). The first kappa shape index (κ1) is 19.7. The summed E-state index contributed by atoms with van der Waals surface area (Å²) in [5.41, 5.74) is 2.90. The van der Waals surface area contributed by atoms with Gasteiger partial charge >= 0.3 is 0 Å². The van der Waals surface area contributed by atoms with Gasteiger partial charge in [-0.05, 0) is 30.3 Å². The van der Waals surface area contributed by atoms with Crippen LogP contribution in [0.1, 0.15) is 5.76 Å². The number of nitro benzene ring substituents is 1. The molecule has 0 saturated heterocycles. The summed E-state index contributed by atoms with van der Waals surface area (Å²) in [6, 6.07) is 14.2. The average molecular weight is 465 g/mol. The highest BCUT2D eigenvalue weighted by Crippen LogP contribution is 2.29. The number of nitrogens with two attached hydrogens (primary N) is 1. The zero-order chi connectivity index (χ0) is 20.3. The van der Waals surface area contributed by atoms with Crippen molar-refractivity contribution in [3.05, 3.63) is 74.9 Å². The largest absolute Gasteiger partial charge is 0.455 e. The summed E-state index contributed by atoms with van der Waals surface area (Å²) in [5.74, 6) is 1.04. The lowest BCUT2D eigenvalue weighted by atomic mass is 10.2. The maximum Gasteiger partial charge on any atom is 0.295 e. The molecular weight excluding hydrogens is 452 g/mol. The van der Waals surface area contributed by atoms with E-state index in [4.69, 9.17) is 9.56 Å². The van der Waals surface area contributed by atoms with Crippen LogP contribution in [0.15, 0.2) is 73.5 Å². The van der Waals surface area contributed by atoms with Crippen LogP contribution in [0, 0.1) is 10.1 Å². The first-order valence-electron chi connectivity index (χ1n) is 7.71. The molecule has 0 radical (unpaired) electrons. The van der Waals surface area contributed by atoms with Gasteiger partial charge in [-0.1, -0.05) is 34.1 Å². The second-order valence-electron chi connectivity index (χ2n) is 5.53. The van der Waals surface area contributed by atoms with Crippen LogP contribution in [0.4, 0.5) is 11.4 Å². The molecule has 3 N–H and O–H groups in total. The number of benzene rings is 2. The number of hydrogen-bond donors (Lipinski definition) is 2. The number of primary sulfonamides is 1. The molecule has 0 unspecified atom stereocenters. The Balaban J connectivity index is 1.80. The van der Waals surface area contributed by atoms with Crippen molar-refractivity contribution in [2.45, 2.75) is 4.90 Å². The maximum atomic E-state index is 11.4. The van der Waals surface area contributed by atoms with Crippen molar-refractivity contribution in [1.29, 1.82) is 0 Å². The molecule has 1 aromatic heterocycles. The van der Waals surface area contributed by atoms with Crippen LogP contribution in [-0.2, 0) is 10.0 Å². The van der Waals surface area contributed by atoms with Crippen molar-refractivity contribution in [3.8, 4) is 11.3 Å². The topological polar surface area (TPSA) is 141 Å². The summed E-state index contributed by atoms with van der Waals surface area (Å²) in [6.45, 7) is 0. The van der Waals surface area contributed by atoms with Crippen LogP contribution in [0.25, 0.3) is 11.3 Å². The lowest BCUT2D eigenvalue weighted by Gasteiger charge is -2.04. The van der Waals surface area contributed by atoms with Gasteiger partial charge in [0.1, 0.15) is 17.2 Å². The van der Waals surface area contributed by atoms with Gasteiger partial charge in [0.05, 0.1) is 16.0 Å². The molecule has 0 aliphatic heterocycles. The van der Waals surface area contributed by atoms with Crippen molar-refractivity contribution >= 4 is 43.5 Å². The van der Waals surface area contributed by atoms with Crippen molar-refractivity contribution in [3.63, 3.8) is 0 Å². The number of rotatable bonds is 6. The molecule has 2 aromatic carbocycles. The number of hydrogen-bond acceptors (Lipinski definition) is 7. The summed E-state index contributed by atoms with van der Waals surface area (Å²) >= 11 is 3.45. The highest BCUT2D eigenvalue weighted by Gasteiger charge is 2.18. The van der Waals surface area contributed by atoms with E-state index in [1.165, 1.54) is 12.3 Å².